The Morgan fingerprint density at radius 2 is 2.18 bits per heavy atom. The Bertz CT molecular complexity index is 357. The van der Waals surface area contributed by atoms with Crippen LogP contribution in [0.2, 0.25) is 0 Å². The first kappa shape index (κ1) is 14.9. The molecule has 0 heterocycles. The molecule has 2 nitrogen and oxygen atoms in total. The third-order valence-corrected chi connectivity index (χ3v) is 4.21. The van der Waals surface area contributed by atoms with E-state index in [0.29, 0.717) is 12.6 Å². The lowest BCUT2D eigenvalue weighted by Crippen LogP contribution is -2.31. The number of anilines is 1. The Morgan fingerprint density at radius 3 is 2.76 bits per heavy atom. The van der Waals surface area contributed by atoms with Crippen LogP contribution < -0.4 is 10.6 Å². The zero-order valence-corrected chi connectivity index (χ0v) is 13.1. The summed E-state index contributed by atoms with van der Waals surface area (Å²) in [6, 6.07) is 6.97. The van der Waals surface area contributed by atoms with Crippen molar-refractivity contribution in [2.75, 3.05) is 30.5 Å². The van der Waals surface area contributed by atoms with Crippen molar-refractivity contribution < 1.29 is 0 Å². The number of nitrogens with two attached hydrogens (primary N) is 1. The number of nitrogens with zero attached hydrogens (tertiary/aromatic N) is 1. The van der Waals surface area contributed by atoms with E-state index in [0.717, 1.165) is 16.6 Å². The molecule has 0 amide bonds. The Balaban J connectivity index is 2.94. The zero-order chi connectivity index (χ0) is 12.8. The van der Waals surface area contributed by atoms with Gasteiger partial charge in [-0.2, -0.15) is 11.8 Å². The average molecular weight is 317 g/mol. The molecule has 0 spiro atoms. The van der Waals surface area contributed by atoms with Crippen molar-refractivity contribution in [2.45, 2.75) is 19.4 Å². The van der Waals surface area contributed by atoms with Gasteiger partial charge in [-0.3, -0.25) is 0 Å². The van der Waals surface area contributed by atoms with Gasteiger partial charge in [-0.25, -0.2) is 0 Å². The molecule has 17 heavy (non-hydrogen) atoms. The fraction of sp³-hybridized carbons (Fsp3) is 0.538. The van der Waals surface area contributed by atoms with Crippen LogP contribution in [-0.4, -0.2) is 31.6 Å². The Labute approximate surface area is 117 Å². The molecule has 0 aromatic heterocycles. The Hall–Kier alpha value is -0.190. The summed E-state index contributed by atoms with van der Waals surface area (Å²) in [4.78, 5) is 2.34. The van der Waals surface area contributed by atoms with Crippen molar-refractivity contribution in [3.8, 4) is 0 Å². The quantitative estimate of drug-likeness (QED) is 0.874. The van der Waals surface area contributed by atoms with Crippen LogP contribution in [0.5, 0.6) is 0 Å². The van der Waals surface area contributed by atoms with E-state index in [4.69, 9.17) is 5.73 Å². The highest BCUT2D eigenvalue weighted by Gasteiger charge is 2.13. The molecule has 0 aliphatic carbocycles. The third kappa shape index (κ3) is 4.19. The van der Waals surface area contributed by atoms with Crippen molar-refractivity contribution in [3.63, 3.8) is 0 Å². The number of rotatable bonds is 6. The van der Waals surface area contributed by atoms with E-state index in [1.807, 2.05) is 11.8 Å². The maximum absolute atomic E-state index is 5.68. The van der Waals surface area contributed by atoms with Crippen molar-refractivity contribution in [3.05, 3.63) is 28.2 Å². The molecule has 1 unspecified atom stereocenters. The lowest BCUT2D eigenvalue weighted by molar-refractivity contribution is 0.758. The van der Waals surface area contributed by atoms with Crippen LogP contribution >= 0.6 is 27.7 Å². The minimum absolute atomic E-state index is 0.530. The van der Waals surface area contributed by atoms with Gasteiger partial charge in [0.15, 0.2) is 0 Å². The number of hydrogen-bond donors (Lipinski definition) is 1. The molecule has 1 aromatic carbocycles. The number of hydrogen-bond acceptors (Lipinski definition) is 3. The molecule has 0 aliphatic heterocycles. The first-order valence-electron chi connectivity index (χ1n) is 5.80. The molecule has 1 aromatic rings. The molecule has 1 rings (SSSR count). The van der Waals surface area contributed by atoms with E-state index in [1.165, 1.54) is 11.3 Å². The van der Waals surface area contributed by atoms with Gasteiger partial charge >= 0.3 is 0 Å². The smallest absolute Gasteiger partial charge is 0.0400 e. The van der Waals surface area contributed by atoms with Gasteiger partial charge in [0.1, 0.15) is 0 Å². The monoisotopic (exact) mass is 316 g/mol. The molecule has 0 radical (unpaired) electrons. The summed E-state index contributed by atoms with van der Waals surface area (Å²) in [5.74, 6) is 1.13. The molecule has 0 aliphatic rings. The van der Waals surface area contributed by atoms with Crippen LogP contribution in [-0.2, 0) is 6.42 Å². The minimum atomic E-state index is 0.530. The highest BCUT2D eigenvalue weighted by molar-refractivity contribution is 9.10. The van der Waals surface area contributed by atoms with Gasteiger partial charge in [0, 0.05) is 29.0 Å². The lowest BCUT2D eigenvalue weighted by atomic mass is 10.1. The van der Waals surface area contributed by atoms with Crippen LogP contribution in [0.1, 0.15) is 12.5 Å². The second kappa shape index (κ2) is 7.29. The third-order valence-electron chi connectivity index (χ3n) is 2.90. The van der Waals surface area contributed by atoms with E-state index in [9.17, 15) is 0 Å². The van der Waals surface area contributed by atoms with Gasteiger partial charge in [-0.05, 0) is 49.9 Å². The second-order valence-electron chi connectivity index (χ2n) is 4.23. The van der Waals surface area contributed by atoms with E-state index in [2.05, 4.69) is 59.3 Å². The summed E-state index contributed by atoms with van der Waals surface area (Å²) in [5, 5.41) is 0. The van der Waals surface area contributed by atoms with Gasteiger partial charge in [0.2, 0.25) is 0 Å². The van der Waals surface area contributed by atoms with Crippen LogP contribution in [0.3, 0.4) is 0 Å². The van der Waals surface area contributed by atoms with Gasteiger partial charge in [0.05, 0.1) is 0 Å². The SMILES string of the molecule is CSCC(C)N(C)c1ccc(Br)cc1CCN. The standard InChI is InChI=1S/C13H21BrN2S/c1-10(9-17-3)16(2)13-5-4-12(14)8-11(13)6-7-15/h4-5,8,10H,6-7,9,15H2,1-3H3. The molecule has 4 heteroatoms. The largest absolute Gasteiger partial charge is 0.371 e. The molecular formula is C13H21BrN2S. The summed E-state index contributed by atoms with van der Waals surface area (Å²) in [6.07, 6.45) is 3.07. The van der Waals surface area contributed by atoms with Gasteiger partial charge in [0.25, 0.3) is 0 Å². The molecule has 0 fully saturated rings. The fourth-order valence-corrected chi connectivity index (χ4v) is 2.96. The maximum Gasteiger partial charge on any atom is 0.0400 e. The lowest BCUT2D eigenvalue weighted by Gasteiger charge is -2.28. The zero-order valence-electron chi connectivity index (χ0n) is 10.7. The second-order valence-corrected chi connectivity index (χ2v) is 6.05. The molecule has 96 valence electrons. The number of halogens is 1. The van der Waals surface area contributed by atoms with E-state index >= 15 is 0 Å². The van der Waals surface area contributed by atoms with Crippen molar-refractivity contribution in [1.82, 2.24) is 0 Å². The molecule has 0 saturated heterocycles. The highest BCUT2D eigenvalue weighted by Crippen LogP contribution is 2.26. The number of benzene rings is 1. The summed E-state index contributed by atoms with van der Waals surface area (Å²) in [6.45, 7) is 2.94. The predicted octanol–water partition coefficient (Wildman–Crippen LogP) is 3.14. The summed E-state index contributed by atoms with van der Waals surface area (Å²) < 4.78 is 1.12. The van der Waals surface area contributed by atoms with Crippen LogP contribution in [0.4, 0.5) is 5.69 Å². The van der Waals surface area contributed by atoms with Gasteiger partial charge in [-0.15, -0.1) is 0 Å². The first-order valence-corrected chi connectivity index (χ1v) is 7.99. The van der Waals surface area contributed by atoms with E-state index < -0.39 is 0 Å². The fourth-order valence-electron chi connectivity index (χ4n) is 1.84. The summed E-state index contributed by atoms with van der Waals surface area (Å²) >= 11 is 5.40. The molecule has 1 atom stereocenters. The highest BCUT2D eigenvalue weighted by atomic mass is 79.9. The first-order chi connectivity index (χ1) is 8.10. The van der Waals surface area contributed by atoms with E-state index in [1.54, 1.807) is 0 Å². The molecule has 2 N–H and O–H groups in total. The predicted molar refractivity (Wildman–Crippen MR) is 83.1 cm³/mol. The van der Waals surface area contributed by atoms with Crippen LogP contribution in [0.15, 0.2) is 22.7 Å². The van der Waals surface area contributed by atoms with Crippen LogP contribution in [0, 0.1) is 0 Å². The normalized spacial score (nSPS) is 12.5. The summed E-state index contributed by atoms with van der Waals surface area (Å²) in [7, 11) is 2.16. The van der Waals surface area contributed by atoms with Gasteiger partial charge in [-0.1, -0.05) is 15.9 Å². The van der Waals surface area contributed by atoms with E-state index in [-0.39, 0.29) is 0 Å². The van der Waals surface area contributed by atoms with Crippen LogP contribution in [0.25, 0.3) is 0 Å². The van der Waals surface area contributed by atoms with Crippen molar-refractivity contribution >= 4 is 33.4 Å². The van der Waals surface area contributed by atoms with Crippen molar-refractivity contribution in [1.29, 1.82) is 0 Å². The molecule has 0 saturated carbocycles. The Morgan fingerprint density at radius 1 is 1.47 bits per heavy atom. The number of thioether (sulfide) groups is 1. The minimum Gasteiger partial charge on any atom is -0.371 e. The summed E-state index contributed by atoms with van der Waals surface area (Å²) in [5.41, 5.74) is 8.29. The molecular weight excluding hydrogens is 296 g/mol. The average Bonchev–Trinajstić information content (AvgIpc) is 2.29. The maximum atomic E-state index is 5.68. The topological polar surface area (TPSA) is 29.3 Å². The van der Waals surface area contributed by atoms with Crippen molar-refractivity contribution in [2.24, 2.45) is 5.73 Å². The van der Waals surface area contributed by atoms with Gasteiger partial charge < -0.3 is 10.6 Å². The Kier molecular flexibility index (Phi) is 6.38. The molecule has 0 bridgehead atoms.